The van der Waals surface area contributed by atoms with Crippen molar-refractivity contribution in [1.82, 2.24) is 15.4 Å². The van der Waals surface area contributed by atoms with E-state index in [-0.39, 0.29) is 17.5 Å². The number of nitrogens with one attached hydrogen (secondary N) is 1. The zero-order chi connectivity index (χ0) is 19.9. The van der Waals surface area contributed by atoms with E-state index in [4.69, 9.17) is 14.0 Å². The summed E-state index contributed by atoms with van der Waals surface area (Å²) in [4.78, 5) is 27.1. The summed E-state index contributed by atoms with van der Waals surface area (Å²) in [6.07, 6.45) is 2.38. The van der Waals surface area contributed by atoms with E-state index in [9.17, 15) is 9.59 Å². The van der Waals surface area contributed by atoms with Crippen LogP contribution in [0.3, 0.4) is 0 Å². The van der Waals surface area contributed by atoms with Gasteiger partial charge in [-0.05, 0) is 31.4 Å². The molecule has 1 aromatic carbocycles. The van der Waals surface area contributed by atoms with E-state index in [2.05, 4.69) is 10.5 Å². The zero-order valence-corrected chi connectivity index (χ0v) is 16.1. The summed E-state index contributed by atoms with van der Waals surface area (Å²) in [7, 11) is 3.15. The topological polar surface area (TPSA) is 93.9 Å². The van der Waals surface area contributed by atoms with Gasteiger partial charge in [0.15, 0.2) is 11.5 Å². The van der Waals surface area contributed by atoms with Gasteiger partial charge in [-0.3, -0.25) is 9.59 Å². The van der Waals surface area contributed by atoms with E-state index in [1.165, 1.54) is 0 Å². The molecular formula is C20H25N3O5. The number of likely N-dealkylation sites (tertiary alicyclic amines) is 1. The summed E-state index contributed by atoms with van der Waals surface area (Å²) >= 11 is 0. The van der Waals surface area contributed by atoms with Crippen LogP contribution in [-0.2, 0) is 9.53 Å². The summed E-state index contributed by atoms with van der Waals surface area (Å²) in [5.41, 5.74) is 0.890. The number of carbonyl (C=O) groups excluding carboxylic acids is 2. The lowest BCUT2D eigenvalue weighted by Gasteiger charge is -2.34. The first-order valence-electron chi connectivity index (χ1n) is 9.33. The fourth-order valence-corrected chi connectivity index (χ4v) is 3.34. The number of piperidine rings is 1. The van der Waals surface area contributed by atoms with E-state index in [1.54, 1.807) is 25.2 Å². The monoisotopic (exact) mass is 387 g/mol. The molecule has 1 saturated heterocycles. The van der Waals surface area contributed by atoms with Gasteiger partial charge in [0, 0.05) is 26.3 Å². The molecule has 2 amide bonds. The molecule has 8 nitrogen and oxygen atoms in total. The number of methoxy groups -OCH3 is 2. The van der Waals surface area contributed by atoms with Crippen molar-refractivity contribution < 1.29 is 23.6 Å². The fraction of sp³-hybridized carbons (Fsp3) is 0.450. The summed E-state index contributed by atoms with van der Waals surface area (Å²) < 4.78 is 15.7. The highest BCUT2D eigenvalue weighted by Crippen LogP contribution is 2.30. The number of carbonyl (C=O) groups is 2. The van der Waals surface area contributed by atoms with Gasteiger partial charge in [-0.25, -0.2) is 0 Å². The second-order valence-electron chi connectivity index (χ2n) is 6.57. The average Bonchev–Trinajstić information content (AvgIpc) is 3.23. The number of para-hydroxylation sites is 1. The van der Waals surface area contributed by atoms with Crippen molar-refractivity contribution in [2.75, 3.05) is 33.9 Å². The van der Waals surface area contributed by atoms with E-state index in [0.29, 0.717) is 43.2 Å². The van der Waals surface area contributed by atoms with Crippen molar-refractivity contribution in [3.63, 3.8) is 0 Å². The number of aromatic nitrogens is 1. The molecular weight excluding hydrogens is 362 g/mol. The molecule has 1 fully saturated rings. The molecule has 0 spiro atoms. The van der Waals surface area contributed by atoms with Gasteiger partial charge in [0.2, 0.25) is 5.91 Å². The predicted octanol–water partition coefficient (Wildman–Crippen LogP) is 2.11. The van der Waals surface area contributed by atoms with Crippen molar-refractivity contribution in [1.29, 1.82) is 0 Å². The van der Waals surface area contributed by atoms with Crippen LogP contribution in [-0.4, -0.2) is 61.8 Å². The van der Waals surface area contributed by atoms with Crippen LogP contribution in [0.5, 0.6) is 5.75 Å². The zero-order valence-electron chi connectivity index (χ0n) is 16.1. The Morgan fingerprint density at radius 1 is 1.29 bits per heavy atom. The molecule has 0 bridgehead atoms. The molecule has 8 heteroatoms. The molecule has 0 aliphatic carbocycles. The first kappa shape index (κ1) is 19.9. The van der Waals surface area contributed by atoms with Crippen molar-refractivity contribution in [2.45, 2.75) is 25.3 Å². The summed E-state index contributed by atoms with van der Waals surface area (Å²) in [5, 5.41) is 6.76. The molecule has 1 atom stereocenters. The Morgan fingerprint density at radius 3 is 2.89 bits per heavy atom. The minimum absolute atomic E-state index is 0.168. The normalized spacial score (nSPS) is 16.6. The van der Waals surface area contributed by atoms with Gasteiger partial charge in [0.1, 0.15) is 11.8 Å². The Balaban J connectivity index is 1.76. The van der Waals surface area contributed by atoms with Crippen LogP contribution in [0, 0.1) is 0 Å². The first-order chi connectivity index (χ1) is 13.7. The predicted molar refractivity (Wildman–Crippen MR) is 102 cm³/mol. The average molecular weight is 387 g/mol. The van der Waals surface area contributed by atoms with Crippen LogP contribution in [0.15, 0.2) is 34.9 Å². The van der Waals surface area contributed by atoms with Crippen molar-refractivity contribution >= 4 is 11.8 Å². The van der Waals surface area contributed by atoms with Crippen LogP contribution in [0.4, 0.5) is 0 Å². The maximum atomic E-state index is 13.0. The Labute approximate surface area is 163 Å². The molecule has 2 aromatic rings. The third-order valence-electron chi connectivity index (χ3n) is 4.77. The van der Waals surface area contributed by atoms with Gasteiger partial charge in [0.05, 0.1) is 19.3 Å². The second-order valence-corrected chi connectivity index (χ2v) is 6.57. The molecule has 0 radical (unpaired) electrons. The van der Waals surface area contributed by atoms with E-state index in [1.807, 2.05) is 24.3 Å². The molecule has 2 heterocycles. The Bertz CT molecular complexity index is 820. The molecule has 28 heavy (non-hydrogen) atoms. The molecule has 0 saturated carbocycles. The van der Waals surface area contributed by atoms with Crippen LogP contribution < -0.4 is 10.1 Å². The largest absolute Gasteiger partial charge is 0.496 e. The number of nitrogens with zero attached hydrogens (tertiary/aromatic N) is 2. The van der Waals surface area contributed by atoms with Crippen molar-refractivity contribution in [2.24, 2.45) is 0 Å². The first-order valence-corrected chi connectivity index (χ1v) is 9.33. The molecule has 1 aromatic heterocycles. The van der Waals surface area contributed by atoms with Gasteiger partial charge < -0.3 is 24.2 Å². The van der Waals surface area contributed by atoms with Crippen LogP contribution in [0.2, 0.25) is 0 Å². The second kappa shape index (κ2) is 9.36. The quantitative estimate of drug-likeness (QED) is 0.732. The summed E-state index contributed by atoms with van der Waals surface area (Å²) in [6, 6.07) is 8.43. The van der Waals surface area contributed by atoms with E-state index in [0.717, 1.165) is 12.8 Å². The third-order valence-corrected chi connectivity index (χ3v) is 4.77. The molecule has 150 valence electrons. The fourth-order valence-electron chi connectivity index (χ4n) is 3.34. The number of hydrogen-bond donors (Lipinski definition) is 1. The minimum Gasteiger partial charge on any atom is -0.496 e. The molecule has 1 N–H and O–H groups in total. The van der Waals surface area contributed by atoms with Crippen LogP contribution >= 0.6 is 0 Å². The smallest absolute Gasteiger partial charge is 0.276 e. The maximum absolute atomic E-state index is 13.0. The number of rotatable bonds is 7. The lowest BCUT2D eigenvalue weighted by molar-refractivity contribution is -0.126. The lowest BCUT2D eigenvalue weighted by Crippen LogP contribution is -2.52. The van der Waals surface area contributed by atoms with Crippen LogP contribution in [0.25, 0.3) is 11.3 Å². The highest BCUT2D eigenvalue weighted by molar-refractivity contribution is 5.97. The van der Waals surface area contributed by atoms with Gasteiger partial charge in [-0.15, -0.1) is 0 Å². The molecule has 0 unspecified atom stereocenters. The Morgan fingerprint density at radius 2 is 2.11 bits per heavy atom. The Hall–Kier alpha value is -2.87. The standard InChI is InChI=1S/C20H25N3O5/c1-26-12-10-21-19(24)16-8-5-6-11-23(16)20(25)15-13-18(28-22-15)14-7-3-4-9-17(14)27-2/h3-4,7,9,13,16H,5-6,8,10-12H2,1-2H3,(H,21,24)/t16-/m0/s1. The SMILES string of the molecule is COCCNC(=O)[C@@H]1CCCCN1C(=O)c1cc(-c2ccccc2OC)on1. The van der Waals surface area contributed by atoms with Crippen LogP contribution in [0.1, 0.15) is 29.8 Å². The highest BCUT2D eigenvalue weighted by atomic mass is 16.5. The number of ether oxygens (including phenoxy) is 2. The molecule has 1 aliphatic heterocycles. The van der Waals surface area contributed by atoms with Gasteiger partial charge in [-0.1, -0.05) is 17.3 Å². The number of amides is 2. The van der Waals surface area contributed by atoms with Gasteiger partial charge >= 0.3 is 0 Å². The molecule has 3 rings (SSSR count). The minimum atomic E-state index is -0.510. The number of hydrogen-bond acceptors (Lipinski definition) is 6. The van der Waals surface area contributed by atoms with Crippen molar-refractivity contribution in [3.05, 3.63) is 36.0 Å². The number of benzene rings is 1. The van der Waals surface area contributed by atoms with E-state index < -0.39 is 6.04 Å². The van der Waals surface area contributed by atoms with E-state index >= 15 is 0 Å². The summed E-state index contributed by atoms with van der Waals surface area (Å²) in [5.74, 6) is 0.597. The lowest BCUT2D eigenvalue weighted by atomic mass is 10.0. The molecule has 1 aliphatic rings. The third kappa shape index (κ3) is 4.33. The van der Waals surface area contributed by atoms with Crippen molar-refractivity contribution in [3.8, 4) is 17.1 Å². The summed E-state index contributed by atoms with van der Waals surface area (Å²) in [6.45, 7) is 1.35. The maximum Gasteiger partial charge on any atom is 0.276 e. The highest BCUT2D eigenvalue weighted by Gasteiger charge is 2.34. The van der Waals surface area contributed by atoms with Gasteiger partial charge in [-0.2, -0.15) is 0 Å². The van der Waals surface area contributed by atoms with Gasteiger partial charge in [0.25, 0.3) is 5.91 Å². The Kier molecular flexibility index (Phi) is 6.65.